The monoisotopic (exact) mass is 452 g/mol. The van der Waals surface area contributed by atoms with E-state index in [1.54, 1.807) is 7.11 Å². The number of hydrogen-bond donors (Lipinski definition) is 1. The summed E-state index contributed by atoms with van der Waals surface area (Å²) in [6, 6.07) is 29.5. The summed E-state index contributed by atoms with van der Waals surface area (Å²) in [5, 5.41) is 4.04. The molecule has 0 saturated carbocycles. The Labute approximate surface area is 204 Å². The second-order valence-electron chi connectivity index (χ2n) is 9.64. The first-order valence-electron chi connectivity index (χ1n) is 12.7. The molecule has 2 bridgehead atoms. The number of nitrogens with one attached hydrogen (secondary N) is 1. The molecule has 1 N–H and O–H groups in total. The van der Waals surface area contributed by atoms with E-state index >= 15 is 0 Å². The van der Waals surface area contributed by atoms with Gasteiger partial charge in [0.05, 0.1) is 7.11 Å². The van der Waals surface area contributed by atoms with Gasteiger partial charge in [-0.15, -0.1) is 0 Å². The SMILES string of the molecule is C/C=C/c1ccc(OC)c(CN[C@H]2C3CCN(CC3)[C@H]2C(c2ccccc2)c2ccccc2)c1. The van der Waals surface area contributed by atoms with Crippen molar-refractivity contribution in [1.29, 1.82) is 0 Å². The van der Waals surface area contributed by atoms with E-state index in [4.69, 9.17) is 4.74 Å². The molecule has 3 aliphatic heterocycles. The van der Waals surface area contributed by atoms with Crippen LogP contribution in [0.25, 0.3) is 6.08 Å². The van der Waals surface area contributed by atoms with Crippen molar-refractivity contribution in [3.05, 3.63) is 107 Å². The van der Waals surface area contributed by atoms with Crippen LogP contribution in [0.5, 0.6) is 5.75 Å². The number of piperidine rings is 3. The smallest absolute Gasteiger partial charge is 0.123 e. The maximum absolute atomic E-state index is 5.72. The van der Waals surface area contributed by atoms with Crippen molar-refractivity contribution in [3.8, 4) is 5.75 Å². The number of fused-ring (bicyclic) bond motifs is 3. The molecule has 0 aliphatic carbocycles. The summed E-state index contributed by atoms with van der Waals surface area (Å²) in [5.74, 6) is 2.01. The normalized spacial score (nSPS) is 24.1. The summed E-state index contributed by atoms with van der Waals surface area (Å²) in [6.45, 7) is 5.27. The van der Waals surface area contributed by atoms with Crippen LogP contribution in [0.2, 0.25) is 0 Å². The van der Waals surface area contributed by atoms with Gasteiger partial charge in [0.25, 0.3) is 0 Å². The van der Waals surface area contributed by atoms with Gasteiger partial charge in [-0.05, 0) is 67.6 Å². The highest BCUT2D eigenvalue weighted by molar-refractivity contribution is 5.53. The summed E-state index contributed by atoms with van der Waals surface area (Å²) >= 11 is 0. The van der Waals surface area contributed by atoms with Crippen LogP contribution in [-0.2, 0) is 6.54 Å². The van der Waals surface area contributed by atoms with E-state index in [1.165, 1.54) is 48.2 Å². The van der Waals surface area contributed by atoms with Crippen LogP contribution in [0, 0.1) is 5.92 Å². The van der Waals surface area contributed by atoms with Gasteiger partial charge >= 0.3 is 0 Å². The molecule has 3 saturated heterocycles. The first-order chi connectivity index (χ1) is 16.8. The van der Waals surface area contributed by atoms with Gasteiger partial charge < -0.3 is 10.1 Å². The highest BCUT2D eigenvalue weighted by Crippen LogP contribution is 2.42. The van der Waals surface area contributed by atoms with Crippen molar-refractivity contribution in [3.63, 3.8) is 0 Å². The fourth-order valence-corrected chi connectivity index (χ4v) is 6.16. The lowest BCUT2D eigenvalue weighted by Crippen LogP contribution is -2.64. The predicted octanol–water partition coefficient (Wildman–Crippen LogP) is 6.11. The molecule has 2 atom stereocenters. The summed E-state index contributed by atoms with van der Waals surface area (Å²) in [4.78, 5) is 2.75. The molecule has 3 heteroatoms. The Hall–Kier alpha value is -2.88. The molecular weight excluding hydrogens is 416 g/mol. The van der Waals surface area contributed by atoms with Crippen LogP contribution in [0.3, 0.4) is 0 Å². The Morgan fingerprint density at radius 1 is 0.941 bits per heavy atom. The average molecular weight is 453 g/mol. The zero-order valence-corrected chi connectivity index (χ0v) is 20.4. The van der Waals surface area contributed by atoms with E-state index in [0.717, 1.165) is 12.3 Å². The van der Waals surface area contributed by atoms with Gasteiger partial charge in [-0.2, -0.15) is 0 Å². The van der Waals surface area contributed by atoms with Crippen LogP contribution in [0.4, 0.5) is 0 Å². The Balaban J connectivity index is 1.48. The molecule has 3 fully saturated rings. The quantitative estimate of drug-likeness (QED) is 0.446. The standard InChI is InChI=1S/C31H36N2O/c1-3-10-23-15-16-28(34-2)27(21-23)22-32-30-26-17-19-33(20-18-26)31(30)29(24-11-6-4-7-12-24)25-13-8-5-9-14-25/h3-16,21,26,29-32H,17-20,22H2,1-2H3/b10-3+/t30-,31-/m0/s1. The number of benzene rings is 3. The number of ether oxygens (including phenoxy) is 1. The summed E-state index contributed by atoms with van der Waals surface area (Å²) in [5.41, 5.74) is 5.26. The van der Waals surface area contributed by atoms with Gasteiger partial charge in [-0.1, -0.05) is 78.9 Å². The third kappa shape index (κ3) is 4.68. The second kappa shape index (κ2) is 10.6. The van der Waals surface area contributed by atoms with Crippen molar-refractivity contribution in [2.45, 2.75) is 44.3 Å². The number of nitrogens with zero attached hydrogens (tertiary/aromatic N) is 1. The van der Waals surface area contributed by atoms with Gasteiger partial charge in [0, 0.05) is 30.1 Å². The summed E-state index contributed by atoms with van der Waals surface area (Å²) < 4.78 is 5.72. The van der Waals surface area contributed by atoms with E-state index in [9.17, 15) is 0 Å². The maximum atomic E-state index is 5.72. The fourth-order valence-electron chi connectivity index (χ4n) is 6.16. The lowest BCUT2D eigenvalue weighted by atomic mass is 9.70. The Bertz CT molecular complexity index is 1050. The van der Waals surface area contributed by atoms with Crippen molar-refractivity contribution in [2.75, 3.05) is 20.2 Å². The van der Waals surface area contributed by atoms with Crippen molar-refractivity contribution in [1.82, 2.24) is 10.2 Å². The third-order valence-electron chi connectivity index (χ3n) is 7.72. The van der Waals surface area contributed by atoms with Crippen molar-refractivity contribution < 1.29 is 4.74 Å². The minimum Gasteiger partial charge on any atom is -0.496 e. The van der Waals surface area contributed by atoms with Crippen LogP contribution in [0.1, 0.15) is 47.9 Å². The molecule has 0 aromatic heterocycles. The molecule has 3 aromatic carbocycles. The Morgan fingerprint density at radius 3 is 2.18 bits per heavy atom. The van der Waals surface area contributed by atoms with Crippen molar-refractivity contribution >= 4 is 6.08 Å². The largest absolute Gasteiger partial charge is 0.496 e. The number of allylic oxidation sites excluding steroid dienone is 1. The number of hydrogen-bond acceptors (Lipinski definition) is 3. The fraction of sp³-hybridized carbons (Fsp3) is 0.355. The van der Waals surface area contributed by atoms with Crippen LogP contribution in [0.15, 0.2) is 84.9 Å². The topological polar surface area (TPSA) is 24.5 Å². The van der Waals surface area contributed by atoms with E-state index in [2.05, 4.69) is 108 Å². The number of methoxy groups -OCH3 is 1. The molecule has 34 heavy (non-hydrogen) atoms. The van der Waals surface area contributed by atoms with Gasteiger partial charge in [0.15, 0.2) is 0 Å². The van der Waals surface area contributed by atoms with Gasteiger partial charge in [-0.3, -0.25) is 4.90 Å². The third-order valence-corrected chi connectivity index (χ3v) is 7.72. The summed E-state index contributed by atoms with van der Waals surface area (Å²) in [7, 11) is 1.77. The van der Waals surface area contributed by atoms with Crippen LogP contribution < -0.4 is 10.1 Å². The predicted molar refractivity (Wildman–Crippen MR) is 141 cm³/mol. The zero-order chi connectivity index (χ0) is 23.3. The van der Waals surface area contributed by atoms with Gasteiger partial charge in [0.1, 0.15) is 5.75 Å². The lowest BCUT2D eigenvalue weighted by Gasteiger charge is -2.54. The number of rotatable bonds is 8. The highest BCUT2D eigenvalue weighted by atomic mass is 16.5. The lowest BCUT2D eigenvalue weighted by molar-refractivity contribution is 0.00462. The molecule has 0 unspecified atom stereocenters. The van der Waals surface area contributed by atoms with Gasteiger partial charge in [0.2, 0.25) is 0 Å². The van der Waals surface area contributed by atoms with E-state index in [-0.39, 0.29) is 0 Å². The average Bonchev–Trinajstić information content (AvgIpc) is 2.90. The minimum atomic E-state index is 0.347. The first kappa shape index (κ1) is 22.9. The molecular formula is C31H36N2O. The molecule has 3 nitrogen and oxygen atoms in total. The minimum absolute atomic E-state index is 0.347. The second-order valence-corrected chi connectivity index (χ2v) is 9.64. The molecule has 0 amide bonds. The Morgan fingerprint density at radius 2 is 1.59 bits per heavy atom. The van der Waals surface area contributed by atoms with E-state index < -0.39 is 0 Å². The zero-order valence-electron chi connectivity index (χ0n) is 20.4. The van der Waals surface area contributed by atoms with Crippen LogP contribution >= 0.6 is 0 Å². The molecule has 6 rings (SSSR count). The molecule has 176 valence electrons. The Kier molecular flexibility index (Phi) is 7.13. The van der Waals surface area contributed by atoms with E-state index in [1.807, 2.05) is 0 Å². The first-order valence-corrected chi connectivity index (χ1v) is 12.7. The molecule has 0 radical (unpaired) electrons. The molecule has 3 aliphatic rings. The van der Waals surface area contributed by atoms with Crippen LogP contribution in [-0.4, -0.2) is 37.2 Å². The maximum Gasteiger partial charge on any atom is 0.123 e. The molecule has 0 spiro atoms. The summed E-state index contributed by atoms with van der Waals surface area (Å²) in [6.07, 6.45) is 6.80. The van der Waals surface area contributed by atoms with Gasteiger partial charge in [-0.25, -0.2) is 0 Å². The highest BCUT2D eigenvalue weighted by Gasteiger charge is 2.46. The van der Waals surface area contributed by atoms with E-state index in [0.29, 0.717) is 23.9 Å². The van der Waals surface area contributed by atoms with Crippen molar-refractivity contribution in [2.24, 2.45) is 5.92 Å². The molecule has 3 aromatic rings. The molecule has 3 heterocycles.